The zero-order valence-electron chi connectivity index (χ0n) is 13.6. The molecule has 1 atom stereocenters. The molecule has 8 heteroatoms. The molecule has 2 amide bonds. The summed E-state index contributed by atoms with van der Waals surface area (Å²) < 4.78 is 4.94. The first-order valence-electron chi connectivity index (χ1n) is 7.38. The molecule has 2 N–H and O–H groups in total. The molecule has 0 spiro atoms. The number of esters is 1. The third-order valence-corrected chi connectivity index (χ3v) is 4.50. The average Bonchev–Trinajstić information content (AvgIpc) is 2.44. The van der Waals surface area contributed by atoms with Crippen LogP contribution in [0.15, 0.2) is 23.1 Å². The van der Waals surface area contributed by atoms with Crippen LogP contribution in [-0.2, 0) is 19.1 Å². The number of halogens is 1. The lowest BCUT2D eigenvalue weighted by Crippen LogP contribution is -2.43. The third-order valence-electron chi connectivity index (χ3n) is 2.99. The molecule has 0 bridgehead atoms. The first kappa shape index (κ1) is 18.6. The molecule has 24 heavy (non-hydrogen) atoms. The van der Waals surface area contributed by atoms with E-state index in [1.165, 1.54) is 11.8 Å². The van der Waals surface area contributed by atoms with E-state index < -0.39 is 16.8 Å². The lowest BCUT2D eigenvalue weighted by molar-refractivity contribution is -0.149. The lowest BCUT2D eigenvalue weighted by Gasteiger charge is -2.23. The number of ether oxygens (including phenoxy) is 1. The Morgan fingerprint density at radius 2 is 2.08 bits per heavy atom. The highest BCUT2D eigenvalue weighted by molar-refractivity contribution is 8.01. The number of thioether (sulfide) groups is 1. The minimum atomic E-state index is -0.600. The van der Waals surface area contributed by atoms with Crippen LogP contribution in [0.4, 0.5) is 5.69 Å². The van der Waals surface area contributed by atoms with Crippen molar-refractivity contribution in [2.24, 2.45) is 0 Å². The first-order chi connectivity index (χ1) is 11.1. The lowest BCUT2D eigenvalue weighted by atomic mass is 10.1. The summed E-state index contributed by atoms with van der Waals surface area (Å²) in [7, 11) is 0. The van der Waals surface area contributed by atoms with Crippen LogP contribution in [-0.4, -0.2) is 35.2 Å². The van der Waals surface area contributed by atoms with E-state index in [1.54, 1.807) is 18.2 Å². The van der Waals surface area contributed by atoms with E-state index in [1.807, 2.05) is 20.8 Å². The molecule has 0 radical (unpaired) electrons. The van der Waals surface area contributed by atoms with Crippen LogP contribution in [0.25, 0.3) is 0 Å². The Bertz CT molecular complexity index is 673. The van der Waals surface area contributed by atoms with E-state index in [9.17, 15) is 14.4 Å². The zero-order chi connectivity index (χ0) is 17.9. The monoisotopic (exact) mass is 370 g/mol. The van der Waals surface area contributed by atoms with Crippen molar-refractivity contribution >= 4 is 46.8 Å². The minimum Gasteiger partial charge on any atom is -0.456 e. The van der Waals surface area contributed by atoms with E-state index in [0.29, 0.717) is 10.7 Å². The van der Waals surface area contributed by atoms with Gasteiger partial charge in [0.1, 0.15) is 0 Å². The fraction of sp³-hybridized carbons (Fsp3) is 0.438. The van der Waals surface area contributed by atoms with Gasteiger partial charge in [-0.3, -0.25) is 14.4 Å². The van der Waals surface area contributed by atoms with Gasteiger partial charge < -0.3 is 15.4 Å². The Hall–Kier alpha value is -1.73. The van der Waals surface area contributed by atoms with Gasteiger partial charge in [0.05, 0.1) is 17.4 Å². The Balaban J connectivity index is 1.87. The number of amides is 2. The smallest absolute Gasteiger partial charge is 0.307 e. The van der Waals surface area contributed by atoms with Crippen LogP contribution in [0.2, 0.25) is 5.02 Å². The molecule has 1 aromatic carbocycles. The van der Waals surface area contributed by atoms with Crippen LogP contribution in [0.1, 0.15) is 27.2 Å². The fourth-order valence-electron chi connectivity index (χ4n) is 2.07. The fourth-order valence-corrected chi connectivity index (χ4v) is 3.32. The number of carbonyl (C=O) groups excluding carboxylic acids is 3. The van der Waals surface area contributed by atoms with Crippen molar-refractivity contribution in [1.29, 1.82) is 0 Å². The molecular weight excluding hydrogens is 352 g/mol. The van der Waals surface area contributed by atoms with Crippen LogP contribution in [0.3, 0.4) is 0 Å². The molecule has 0 aromatic heterocycles. The maximum atomic E-state index is 12.1. The van der Waals surface area contributed by atoms with Gasteiger partial charge in [-0.1, -0.05) is 11.6 Å². The Morgan fingerprint density at radius 3 is 2.75 bits per heavy atom. The zero-order valence-corrected chi connectivity index (χ0v) is 15.2. The van der Waals surface area contributed by atoms with Gasteiger partial charge in [-0.25, -0.2) is 0 Å². The van der Waals surface area contributed by atoms with Gasteiger partial charge in [-0.05, 0) is 39.0 Å². The van der Waals surface area contributed by atoms with E-state index in [-0.39, 0.29) is 24.8 Å². The van der Waals surface area contributed by atoms with E-state index >= 15 is 0 Å². The molecule has 0 aliphatic carbocycles. The van der Waals surface area contributed by atoms with Crippen molar-refractivity contribution in [1.82, 2.24) is 5.32 Å². The summed E-state index contributed by atoms with van der Waals surface area (Å²) in [6.45, 7) is 5.14. The number of nitrogens with one attached hydrogen (secondary N) is 2. The van der Waals surface area contributed by atoms with Gasteiger partial charge in [-0.2, -0.15) is 0 Å². The maximum Gasteiger partial charge on any atom is 0.307 e. The van der Waals surface area contributed by atoms with Gasteiger partial charge in [0, 0.05) is 15.5 Å². The average molecular weight is 371 g/mol. The van der Waals surface area contributed by atoms with Gasteiger partial charge >= 0.3 is 5.97 Å². The topological polar surface area (TPSA) is 84.5 Å². The molecule has 0 saturated heterocycles. The third kappa shape index (κ3) is 5.42. The van der Waals surface area contributed by atoms with Crippen LogP contribution >= 0.6 is 23.4 Å². The Kier molecular flexibility index (Phi) is 5.77. The molecule has 0 saturated carbocycles. The predicted octanol–water partition coefficient (Wildman–Crippen LogP) is 2.60. The molecule has 2 rings (SSSR count). The number of hydrogen-bond donors (Lipinski definition) is 2. The Morgan fingerprint density at radius 1 is 1.38 bits per heavy atom. The summed E-state index contributed by atoms with van der Waals surface area (Å²) in [4.78, 5) is 36.4. The number of anilines is 1. The molecule has 1 unspecified atom stereocenters. The maximum absolute atomic E-state index is 12.1. The second-order valence-corrected chi connectivity index (χ2v) is 8.08. The van der Waals surface area contributed by atoms with Gasteiger partial charge in [0.15, 0.2) is 6.61 Å². The Labute approximate surface area is 149 Å². The molecule has 6 nitrogen and oxygen atoms in total. The molecular formula is C16H19ClN2O4S. The molecule has 1 aliphatic rings. The summed E-state index contributed by atoms with van der Waals surface area (Å²) in [5, 5.41) is 5.34. The number of rotatable bonds is 4. The number of benzene rings is 1. The first-order valence-corrected chi connectivity index (χ1v) is 8.63. The van der Waals surface area contributed by atoms with Crippen molar-refractivity contribution < 1.29 is 19.1 Å². The summed E-state index contributed by atoms with van der Waals surface area (Å²) in [6, 6.07) is 5.17. The van der Waals surface area contributed by atoms with Crippen LogP contribution in [0.5, 0.6) is 0 Å². The quantitative estimate of drug-likeness (QED) is 0.796. The van der Waals surface area contributed by atoms with E-state index in [4.69, 9.17) is 16.3 Å². The minimum absolute atomic E-state index is 0.110. The second-order valence-electron chi connectivity index (χ2n) is 6.40. The highest BCUT2D eigenvalue weighted by Gasteiger charge is 2.30. The second kappa shape index (κ2) is 7.44. The van der Waals surface area contributed by atoms with Crippen molar-refractivity contribution in [2.75, 3.05) is 11.9 Å². The van der Waals surface area contributed by atoms with Gasteiger partial charge in [-0.15, -0.1) is 11.8 Å². The summed E-state index contributed by atoms with van der Waals surface area (Å²) in [5.41, 5.74) is 0.236. The SMILES string of the molecule is CC(C)(C)NC(=O)COC(=O)CC1Sc2ccc(Cl)cc2NC1=O. The normalized spacial score (nSPS) is 16.8. The molecule has 130 valence electrons. The molecule has 1 aromatic rings. The molecule has 0 fully saturated rings. The van der Waals surface area contributed by atoms with E-state index in [2.05, 4.69) is 10.6 Å². The standard InChI is InChI=1S/C16H19ClN2O4S/c1-16(2,3)19-13(20)8-23-14(21)7-12-15(22)18-10-6-9(17)4-5-11(10)24-12/h4-6,12H,7-8H2,1-3H3,(H,18,22)(H,19,20). The number of fused-ring (bicyclic) bond motifs is 1. The number of hydrogen-bond acceptors (Lipinski definition) is 5. The summed E-state index contributed by atoms with van der Waals surface area (Å²) in [5.74, 6) is -1.26. The van der Waals surface area contributed by atoms with E-state index in [0.717, 1.165) is 4.90 Å². The predicted molar refractivity (Wildman–Crippen MR) is 93.2 cm³/mol. The number of carbonyl (C=O) groups is 3. The summed E-state index contributed by atoms with van der Waals surface area (Å²) >= 11 is 7.16. The molecule has 1 aliphatic heterocycles. The van der Waals surface area contributed by atoms with Crippen molar-refractivity contribution in [3.63, 3.8) is 0 Å². The highest BCUT2D eigenvalue weighted by Crippen LogP contribution is 2.38. The van der Waals surface area contributed by atoms with Gasteiger partial charge in [0.2, 0.25) is 5.91 Å². The van der Waals surface area contributed by atoms with Gasteiger partial charge in [0.25, 0.3) is 5.91 Å². The summed E-state index contributed by atoms with van der Waals surface area (Å²) in [6.07, 6.45) is -0.110. The van der Waals surface area contributed by atoms with Crippen molar-refractivity contribution in [3.05, 3.63) is 23.2 Å². The van der Waals surface area contributed by atoms with Crippen molar-refractivity contribution in [2.45, 2.75) is 42.9 Å². The largest absolute Gasteiger partial charge is 0.456 e. The van der Waals surface area contributed by atoms with Crippen LogP contribution in [0, 0.1) is 0 Å². The highest BCUT2D eigenvalue weighted by atomic mass is 35.5. The molecule has 1 heterocycles. The van der Waals surface area contributed by atoms with Crippen molar-refractivity contribution in [3.8, 4) is 0 Å². The van der Waals surface area contributed by atoms with Crippen LogP contribution < -0.4 is 10.6 Å².